The van der Waals surface area contributed by atoms with Crippen molar-refractivity contribution >= 4 is 11.9 Å². The molecule has 0 aromatic rings. The Morgan fingerprint density at radius 1 is 1.00 bits per heavy atom. The average Bonchev–Trinajstić information content (AvgIpc) is 2.52. The van der Waals surface area contributed by atoms with Crippen LogP contribution in [0.2, 0.25) is 0 Å². The van der Waals surface area contributed by atoms with Gasteiger partial charge in [-0.25, -0.2) is 0 Å². The predicted molar refractivity (Wildman–Crippen MR) is 99.7 cm³/mol. The Hall–Kier alpha value is -1.58. The lowest BCUT2D eigenvalue weighted by Gasteiger charge is -1.99. The lowest BCUT2D eigenvalue weighted by atomic mass is 10.1. The van der Waals surface area contributed by atoms with Crippen molar-refractivity contribution in [3.63, 3.8) is 0 Å². The standard InChI is InChI=1S/2C10H18O2/c1-3-4-5-6-7-9(2)8-10(11)12;1-3-5-6-7-9-12-10(11)8-4-2/h6-7,9H,3-5,8H2,1-2H3,(H,11,12);7,9H,3-6,8H2,1-2H3/b7-6-;. The maximum atomic E-state index is 10.8. The minimum absolute atomic E-state index is 0.134. The molecule has 0 aromatic carbocycles. The molecule has 0 saturated heterocycles. The van der Waals surface area contributed by atoms with Crippen molar-refractivity contribution in [2.75, 3.05) is 0 Å². The second kappa shape index (κ2) is 19.5. The van der Waals surface area contributed by atoms with Crippen LogP contribution in [0.1, 0.15) is 85.5 Å². The lowest BCUT2D eigenvalue weighted by molar-refractivity contribution is -0.138. The summed E-state index contributed by atoms with van der Waals surface area (Å²) >= 11 is 0. The molecule has 140 valence electrons. The smallest absolute Gasteiger partial charge is 0.310 e. The fourth-order valence-electron chi connectivity index (χ4n) is 1.77. The van der Waals surface area contributed by atoms with E-state index in [-0.39, 0.29) is 18.3 Å². The first-order valence-electron chi connectivity index (χ1n) is 9.20. The molecule has 0 aliphatic rings. The molecule has 0 bridgehead atoms. The number of hydrogen-bond acceptors (Lipinski definition) is 3. The number of carboxylic acid groups (broad SMARTS) is 1. The molecule has 0 radical (unpaired) electrons. The fourth-order valence-corrected chi connectivity index (χ4v) is 1.77. The summed E-state index contributed by atoms with van der Waals surface area (Å²) in [7, 11) is 0. The van der Waals surface area contributed by atoms with Crippen LogP contribution in [-0.2, 0) is 14.3 Å². The van der Waals surface area contributed by atoms with E-state index in [1.54, 1.807) is 0 Å². The van der Waals surface area contributed by atoms with E-state index in [2.05, 4.69) is 19.9 Å². The third-order valence-corrected chi connectivity index (χ3v) is 3.16. The lowest BCUT2D eigenvalue weighted by Crippen LogP contribution is -2.00. The second-order valence-corrected chi connectivity index (χ2v) is 5.90. The topological polar surface area (TPSA) is 63.6 Å². The largest absolute Gasteiger partial charge is 0.481 e. The number of aliphatic carboxylic acids is 1. The molecule has 0 aromatic heterocycles. The Labute approximate surface area is 148 Å². The summed E-state index contributed by atoms with van der Waals surface area (Å²) in [5.74, 6) is -0.688. The fraction of sp³-hybridized carbons (Fsp3) is 0.700. The van der Waals surface area contributed by atoms with E-state index in [9.17, 15) is 9.59 Å². The molecule has 0 amide bonds. The van der Waals surface area contributed by atoms with Crippen LogP contribution in [0.15, 0.2) is 24.5 Å². The molecule has 0 aliphatic carbocycles. The van der Waals surface area contributed by atoms with Crippen LogP contribution in [0.5, 0.6) is 0 Å². The van der Waals surface area contributed by atoms with Gasteiger partial charge in [0.1, 0.15) is 0 Å². The van der Waals surface area contributed by atoms with E-state index >= 15 is 0 Å². The first-order valence-corrected chi connectivity index (χ1v) is 9.20. The number of ether oxygens (including phenoxy) is 1. The first-order chi connectivity index (χ1) is 11.5. The zero-order chi connectivity index (χ0) is 18.6. The monoisotopic (exact) mass is 340 g/mol. The molecule has 0 heterocycles. The summed E-state index contributed by atoms with van der Waals surface area (Å²) < 4.78 is 4.81. The molecule has 0 rings (SSSR count). The van der Waals surface area contributed by atoms with Gasteiger partial charge >= 0.3 is 11.9 Å². The van der Waals surface area contributed by atoms with Crippen LogP contribution in [0.3, 0.4) is 0 Å². The van der Waals surface area contributed by atoms with E-state index in [1.807, 2.05) is 26.0 Å². The summed E-state index contributed by atoms with van der Waals surface area (Å²) in [6.07, 6.45) is 15.9. The molecule has 1 atom stereocenters. The van der Waals surface area contributed by atoms with Crippen molar-refractivity contribution in [2.24, 2.45) is 5.92 Å². The van der Waals surface area contributed by atoms with Crippen LogP contribution in [0, 0.1) is 5.92 Å². The Kier molecular flexibility index (Phi) is 20.0. The van der Waals surface area contributed by atoms with Crippen LogP contribution >= 0.6 is 0 Å². The number of esters is 1. The first kappa shape index (κ1) is 24.7. The van der Waals surface area contributed by atoms with Crippen molar-refractivity contribution in [3.05, 3.63) is 24.5 Å². The SMILES string of the molecule is CCCC/C=C\C(C)CC(=O)O.CCCCC=COC(=O)CCC. The van der Waals surface area contributed by atoms with Gasteiger partial charge in [-0.2, -0.15) is 0 Å². The summed E-state index contributed by atoms with van der Waals surface area (Å²) in [5, 5.41) is 8.45. The van der Waals surface area contributed by atoms with Crippen LogP contribution in [-0.4, -0.2) is 17.0 Å². The van der Waals surface area contributed by atoms with Crippen molar-refractivity contribution in [3.8, 4) is 0 Å². The number of unbranched alkanes of at least 4 members (excludes halogenated alkanes) is 4. The van der Waals surface area contributed by atoms with Gasteiger partial charge in [0.25, 0.3) is 0 Å². The molecular weight excluding hydrogens is 304 g/mol. The number of carboxylic acids is 1. The molecule has 0 fully saturated rings. The van der Waals surface area contributed by atoms with Gasteiger partial charge in [-0.05, 0) is 37.7 Å². The molecule has 4 heteroatoms. The number of allylic oxidation sites excluding steroid dienone is 3. The molecule has 4 nitrogen and oxygen atoms in total. The zero-order valence-corrected chi connectivity index (χ0v) is 15.9. The van der Waals surface area contributed by atoms with E-state index in [0.29, 0.717) is 6.42 Å². The van der Waals surface area contributed by atoms with Crippen molar-refractivity contribution < 1.29 is 19.4 Å². The quantitative estimate of drug-likeness (QED) is 0.209. The van der Waals surface area contributed by atoms with Gasteiger partial charge in [-0.3, -0.25) is 9.59 Å². The van der Waals surface area contributed by atoms with Crippen LogP contribution in [0.25, 0.3) is 0 Å². The summed E-state index contributed by atoms with van der Waals surface area (Å²) in [5.41, 5.74) is 0. The minimum atomic E-state index is -0.720. The summed E-state index contributed by atoms with van der Waals surface area (Å²) in [4.78, 5) is 21.1. The Morgan fingerprint density at radius 2 is 1.58 bits per heavy atom. The molecule has 24 heavy (non-hydrogen) atoms. The Morgan fingerprint density at radius 3 is 2.08 bits per heavy atom. The maximum absolute atomic E-state index is 10.8. The second-order valence-electron chi connectivity index (χ2n) is 5.90. The van der Waals surface area contributed by atoms with E-state index in [0.717, 1.165) is 25.7 Å². The van der Waals surface area contributed by atoms with Gasteiger partial charge < -0.3 is 9.84 Å². The highest BCUT2D eigenvalue weighted by Gasteiger charge is 2.02. The van der Waals surface area contributed by atoms with Crippen LogP contribution < -0.4 is 0 Å². The normalized spacial score (nSPS) is 12.0. The third-order valence-electron chi connectivity index (χ3n) is 3.16. The van der Waals surface area contributed by atoms with Crippen LogP contribution in [0.4, 0.5) is 0 Å². The minimum Gasteiger partial charge on any atom is -0.481 e. The van der Waals surface area contributed by atoms with Gasteiger partial charge in [0.05, 0.1) is 12.7 Å². The molecule has 0 aliphatic heterocycles. The van der Waals surface area contributed by atoms with Crippen molar-refractivity contribution in [1.29, 1.82) is 0 Å². The highest BCUT2D eigenvalue weighted by atomic mass is 16.5. The number of rotatable bonds is 12. The van der Waals surface area contributed by atoms with Gasteiger partial charge in [0, 0.05) is 6.42 Å². The van der Waals surface area contributed by atoms with Gasteiger partial charge in [-0.15, -0.1) is 0 Å². The Balaban J connectivity index is 0. The number of hydrogen-bond donors (Lipinski definition) is 1. The Bertz CT molecular complexity index is 359. The molecule has 1 unspecified atom stereocenters. The molecule has 1 N–H and O–H groups in total. The van der Waals surface area contributed by atoms with Crippen molar-refractivity contribution in [1.82, 2.24) is 0 Å². The average molecular weight is 341 g/mol. The summed E-state index contributed by atoms with van der Waals surface area (Å²) in [6, 6.07) is 0. The van der Waals surface area contributed by atoms with Gasteiger partial charge in [0.2, 0.25) is 0 Å². The highest BCUT2D eigenvalue weighted by molar-refractivity contribution is 5.69. The third kappa shape index (κ3) is 22.7. The van der Waals surface area contributed by atoms with Crippen molar-refractivity contribution in [2.45, 2.75) is 85.5 Å². The molecule has 0 spiro atoms. The van der Waals surface area contributed by atoms with E-state index in [4.69, 9.17) is 9.84 Å². The van der Waals surface area contributed by atoms with Gasteiger partial charge in [0.15, 0.2) is 0 Å². The molecule has 0 saturated carbocycles. The predicted octanol–water partition coefficient (Wildman–Crippen LogP) is 5.88. The summed E-state index contributed by atoms with van der Waals surface area (Å²) in [6.45, 7) is 8.17. The highest BCUT2D eigenvalue weighted by Crippen LogP contribution is 2.05. The van der Waals surface area contributed by atoms with E-state index < -0.39 is 5.97 Å². The number of carbonyl (C=O) groups excluding carboxylic acids is 1. The van der Waals surface area contributed by atoms with E-state index in [1.165, 1.54) is 25.5 Å². The molecular formula is C20H36O4. The maximum Gasteiger partial charge on any atom is 0.310 e. The zero-order valence-electron chi connectivity index (χ0n) is 15.9. The van der Waals surface area contributed by atoms with Gasteiger partial charge in [-0.1, -0.05) is 59.1 Å². The number of carbonyl (C=O) groups is 2.